The zero-order chi connectivity index (χ0) is 12.6. The Morgan fingerprint density at radius 2 is 2.12 bits per heavy atom. The van der Waals surface area contributed by atoms with Crippen molar-refractivity contribution in [2.24, 2.45) is 0 Å². The number of likely N-dealkylation sites (tertiary alicyclic amines) is 1. The molecular formula is C10H17F2NO3. The normalized spacial score (nSPS) is 24.6. The van der Waals surface area contributed by atoms with Crippen LogP contribution < -0.4 is 0 Å². The molecule has 1 fully saturated rings. The van der Waals surface area contributed by atoms with Crippen molar-refractivity contribution in [3.63, 3.8) is 0 Å². The number of alkyl halides is 2. The van der Waals surface area contributed by atoms with E-state index in [0.717, 1.165) is 4.90 Å². The Balaban J connectivity index is 2.71. The van der Waals surface area contributed by atoms with Gasteiger partial charge in [-0.15, -0.1) is 0 Å². The molecule has 1 unspecified atom stereocenters. The van der Waals surface area contributed by atoms with E-state index in [4.69, 9.17) is 9.84 Å². The van der Waals surface area contributed by atoms with Crippen LogP contribution in [0.3, 0.4) is 0 Å². The standard InChI is InChI=1S/C10H17F2NO3/c1-9(2,3)16-8(15)13-5-4-10(11,12)7(13)6-14/h7,14H,4-6H2,1-3H3. The number of nitrogens with zero attached hydrogens (tertiary/aromatic N) is 1. The van der Waals surface area contributed by atoms with Gasteiger partial charge in [-0.3, -0.25) is 4.90 Å². The lowest BCUT2D eigenvalue weighted by molar-refractivity contribution is -0.0564. The fraction of sp³-hybridized carbons (Fsp3) is 0.900. The van der Waals surface area contributed by atoms with Crippen LogP contribution in [0.25, 0.3) is 0 Å². The van der Waals surface area contributed by atoms with E-state index in [1.807, 2.05) is 0 Å². The molecule has 1 N–H and O–H groups in total. The van der Waals surface area contributed by atoms with Crippen molar-refractivity contribution in [2.75, 3.05) is 13.2 Å². The number of carbonyl (C=O) groups is 1. The van der Waals surface area contributed by atoms with E-state index in [0.29, 0.717) is 0 Å². The highest BCUT2D eigenvalue weighted by atomic mass is 19.3. The van der Waals surface area contributed by atoms with Crippen LogP contribution in [0, 0.1) is 0 Å². The van der Waals surface area contributed by atoms with Gasteiger partial charge in [-0.25, -0.2) is 13.6 Å². The molecule has 1 heterocycles. The van der Waals surface area contributed by atoms with E-state index in [9.17, 15) is 13.6 Å². The van der Waals surface area contributed by atoms with Gasteiger partial charge in [0.1, 0.15) is 11.6 Å². The van der Waals surface area contributed by atoms with Crippen LogP contribution in [-0.2, 0) is 4.74 Å². The summed E-state index contributed by atoms with van der Waals surface area (Å²) in [5, 5.41) is 8.89. The first kappa shape index (κ1) is 13.2. The van der Waals surface area contributed by atoms with Crippen molar-refractivity contribution in [3.05, 3.63) is 0 Å². The summed E-state index contributed by atoms with van der Waals surface area (Å²) in [5.41, 5.74) is -0.727. The van der Waals surface area contributed by atoms with Crippen LogP contribution >= 0.6 is 0 Å². The molecule has 1 aliphatic rings. The number of aliphatic hydroxyl groups excluding tert-OH is 1. The minimum Gasteiger partial charge on any atom is -0.444 e. The van der Waals surface area contributed by atoms with Crippen LogP contribution in [0.2, 0.25) is 0 Å². The van der Waals surface area contributed by atoms with Gasteiger partial charge in [0.2, 0.25) is 0 Å². The maximum Gasteiger partial charge on any atom is 0.410 e. The van der Waals surface area contributed by atoms with Gasteiger partial charge in [0.25, 0.3) is 5.92 Å². The molecule has 0 spiro atoms. The van der Waals surface area contributed by atoms with Crippen molar-refractivity contribution in [3.8, 4) is 0 Å². The smallest absolute Gasteiger partial charge is 0.410 e. The first-order valence-corrected chi connectivity index (χ1v) is 5.16. The summed E-state index contributed by atoms with van der Waals surface area (Å²) in [6.07, 6.45) is -1.24. The van der Waals surface area contributed by atoms with Crippen molar-refractivity contribution in [2.45, 2.75) is 44.8 Å². The lowest BCUT2D eigenvalue weighted by atomic mass is 10.1. The van der Waals surface area contributed by atoms with E-state index >= 15 is 0 Å². The predicted molar refractivity (Wildman–Crippen MR) is 53.4 cm³/mol. The van der Waals surface area contributed by atoms with Crippen LogP contribution in [0.15, 0.2) is 0 Å². The van der Waals surface area contributed by atoms with Crippen molar-refractivity contribution >= 4 is 6.09 Å². The molecule has 6 heteroatoms. The van der Waals surface area contributed by atoms with E-state index in [-0.39, 0.29) is 6.54 Å². The topological polar surface area (TPSA) is 49.8 Å². The number of amides is 1. The summed E-state index contributed by atoms with van der Waals surface area (Å²) in [6.45, 7) is 4.13. The summed E-state index contributed by atoms with van der Waals surface area (Å²) in [4.78, 5) is 12.5. The maximum absolute atomic E-state index is 13.2. The largest absolute Gasteiger partial charge is 0.444 e. The molecule has 0 aliphatic carbocycles. The van der Waals surface area contributed by atoms with Gasteiger partial charge >= 0.3 is 6.09 Å². The molecule has 1 atom stereocenters. The number of hydrogen-bond acceptors (Lipinski definition) is 3. The second-order valence-electron chi connectivity index (χ2n) is 4.88. The molecule has 1 saturated heterocycles. The SMILES string of the molecule is CC(C)(C)OC(=O)N1CCC(F)(F)C1CO. The molecule has 1 aliphatic heterocycles. The quantitative estimate of drug-likeness (QED) is 0.754. The zero-order valence-corrected chi connectivity index (χ0v) is 9.67. The number of rotatable bonds is 1. The van der Waals surface area contributed by atoms with Gasteiger partial charge in [-0.2, -0.15) is 0 Å². The Hall–Kier alpha value is -0.910. The minimum atomic E-state index is -3.04. The molecular weight excluding hydrogens is 220 g/mol. The van der Waals surface area contributed by atoms with Gasteiger partial charge in [0.05, 0.1) is 6.61 Å². The van der Waals surface area contributed by atoms with Gasteiger partial charge in [-0.05, 0) is 20.8 Å². The first-order valence-electron chi connectivity index (χ1n) is 5.16. The minimum absolute atomic E-state index is 0.0901. The van der Waals surface area contributed by atoms with Crippen LogP contribution in [-0.4, -0.2) is 46.8 Å². The number of aliphatic hydroxyl groups is 1. The lowest BCUT2D eigenvalue weighted by Crippen LogP contribution is -2.46. The fourth-order valence-corrected chi connectivity index (χ4v) is 1.59. The highest BCUT2D eigenvalue weighted by Gasteiger charge is 2.51. The molecule has 0 aromatic carbocycles. The summed E-state index contributed by atoms with van der Waals surface area (Å²) < 4.78 is 31.5. The Bertz CT molecular complexity index is 276. The third kappa shape index (κ3) is 2.81. The molecule has 0 aromatic heterocycles. The number of halogens is 2. The molecule has 0 saturated carbocycles. The van der Waals surface area contributed by atoms with Crippen molar-refractivity contribution in [1.82, 2.24) is 4.90 Å². The average Bonchev–Trinajstić information content (AvgIpc) is 2.37. The van der Waals surface area contributed by atoms with Crippen LogP contribution in [0.1, 0.15) is 27.2 Å². The van der Waals surface area contributed by atoms with Crippen molar-refractivity contribution in [1.29, 1.82) is 0 Å². The molecule has 1 rings (SSSR count). The summed E-state index contributed by atoms with van der Waals surface area (Å²) in [6, 6.07) is -1.47. The monoisotopic (exact) mass is 237 g/mol. The van der Waals surface area contributed by atoms with Crippen molar-refractivity contribution < 1.29 is 23.4 Å². The maximum atomic E-state index is 13.2. The van der Waals surface area contributed by atoms with E-state index in [1.54, 1.807) is 20.8 Å². The van der Waals surface area contributed by atoms with Gasteiger partial charge in [-0.1, -0.05) is 0 Å². The number of carbonyl (C=O) groups excluding carboxylic acids is 1. The Morgan fingerprint density at radius 3 is 2.56 bits per heavy atom. The van der Waals surface area contributed by atoms with Gasteiger partial charge < -0.3 is 9.84 Å². The highest BCUT2D eigenvalue weighted by Crippen LogP contribution is 2.34. The number of hydrogen-bond donors (Lipinski definition) is 1. The third-order valence-corrected chi connectivity index (χ3v) is 2.35. The molecule has 94 valence electrons. The van der Waals surface area contributed by atoms with E-state index in [2.05, 4.69) is 0 Å². The van der Waals surface area contributed by atoms with Crippen LogP contribution in [0.4, 0.5) is 13.6 Å². The second kappa shape index (κ2) is 4.16. The fourth-order valence-electron chi connectivity index (χ4n) is 1.59. The third-order valence-electron chi connectivity index (χ3n) is 2.35. The van der Waals surface area contributed by atoms with Gasteiger partial charge in [0, 0.05) is 13.0 Å². The molecule has 16 heavy (non-hydrogen) atoms. The molecule has 1 amide bonds. The molecule has 0 aromatic rings. The molecule has 4 nitrogen and oxygen atoms in total. The highest BCUT2D eigenvalue weighted by molar-refractivity contribution is 5.69. The Labute approximate surface area is 93.2 Å². The first-order chi connectivity index (χ1) is 7.17. The Kier molecular flexibility index (Phi) is 3.42. The van der Waals surface area contributed by atoms with Crippen LogP contribution in [0.5, 0.6) is 0 Å². The summed E-state index contributed by atoms with van der Waals surface area (Å²) >= 11 is 0. The predicted octanol–water partition coefficient (Wildman–Crippen LogP) is 1.62. The van der Waals surface area contributed by atoms with E-state index < -0.39 is 36.7 Å². The Morgan fingerprint density at radius 1 is 1.56 bits per heavy atom. The molecule has 0 bridgehead atoms. The molecule has 0 radical (unpaired) electrons. The summed E-state index contributed by atoms with van der Waals surface area (Å²) in [7, 11) is 0. The average molecular weight is 237 g/mol. The summed E-state index contributed by atoms with van der Waals surface area (Å²) in [5.74, 6) is -3.04. The second-order valence-corrected chi connectivity index (χ2v) is 4.88. The number of ether oxygens (including phenoxy) is 1. The lowest BCUT2D eigenvalue weighted by Gasteiger charge is -2.28. The zero-order valence-electron chi connectivity index (χ0n) is 9.67. The van der Waals surface area contributed by atoms with Gasteiger partial charge in [0.15, 0.2) is 0 Å². The van der Waals surface area contributed by atoms with E-state index in [1.165, 1.54) is 0 Å².